The average molecular weight is 208 g/mol. The first-order chi connectivity index (χ1) is 7.06. The fourth-order valence-electron chi connectivity index (χ4n) is 1.38. The summed E-state index contributed by atoms with van der Waals surface area (Å²) in [6.07, 6.45) is 0. The van der Waals surface area contributed by atoms with E-state index in [4.69, 9.17) is 0 Å². The van der Waals surface area contributed by atoms with E-state index in [9.17, 15) is 9.59 Å². The number of ketones is 1. The van der Waals surface area contributed by atoms with Crippen LogP contribution in [-0.4, -0.2) is 17.3 Å². The molecular formula is C11H16N2O2. The van der Waals surface area contributed by atoms with Gasteiger partial charge in [-0.25, -0.2) is 0 Å². The lowest BCUT2D eigenvalue weighted by Gasteiger charge is -2.13. The quantitative estimate of drug-likeness (QED) is 0.788. The second-order valence-electron chi connectivity index (χ2n) is 3.51. The predicted molar refractivity (Wildman–Crippen MR) is 60.3 cm³/mol. The van der Waals surface area contributed by atoms with Crippen molar-refractivity contribution in [3.8, 4) is 0 Å². The molecule has 1 heterocycles. The molecule has 0 aliphatic heterocycles. The fraction of sp³-hybridized carbons (Fsp3) is 0.455. The van der Waals surface area contributed by atoms with E-state index in [1.165, 1.54) is 13.0 Å². The van der Waals surface area contributed by atoms with Crippen LogP contribution in [0.4, 0.5) is 5.69 Å². The maximum Gasteiger partial charge on any atom is 0.248 e. The normalized spacial score (nSPS) is 12.2. The summed E-state index contributed by atoms with van der Waals surface area (Å²) in [5.41, 5.74) is 1.30. The summed E-state index contributed by atoms with van der Waals surface area (Å²) < 4.78 is 0. The van der Waals surface area contributed by atoms with Crippen molar-refractivity contribution in [2.75, 3.05) is 11.9 Å². The smallest absolute Gasteiger partial charge is 0.248 e. The highest BCUT2D eigenvalue weighted by Crippen LogP contribution is 2.21. The minimum atomic E-state index is -0.284. The van der Waals surface area contributed by atoms with E-state index in [0.29, 0.717) is 5.69 Å². The minimum Gasteiger partial charge on any atom is -0.384 e. The molecule has 0 radical (unpaired) electrons. The van der Waals surface area contributed by atoms with Crippen LogP contribution in [0, 0.1) is 0 Å². The fourth-order valence-corrected chi connectivity index (χ4v) is 1.38. The standard InChI is InChI=1S/C11H16N2O2/c1-4-12-9-5-6-10(15)13-11(9)7(2)8(3)14/h5-7,12H,4H2,1-3H3,(H,13,15). The van der Waals surface area contributed by atoms with Gasteiger partial charge in [-0.15, -0.1) is 0 Å². The number of hydrogen-bond acceptors (Lipinski definition) is 3. The van der Waals surface area contributed by atoms with Crippen molar-refractivity contribution in [1.82, 2.24) is 4.98 Å². The second kappa shape index (κ2) is 4.77. The van der Waals surface area contributed by atoms with Crippen LogP contribution in [0.2, 0.25) is 0 Å². The van der Waals surface area contributed by atoms with Gasteiger partial charge in [0.05, 0.1) is 17.3 Å². The summed E-state index contributed by atoms with van der Waals surface area (Å²) in [6, 6.07) is 3.16. The average Bonchev–Trinajstić information content (AvgIpc) is 2.20. The molecule has 0 saturated heterocycles. The Labute approximate surface area is 88.7 Å². The van der Waals surface area contributed by atoms with E-state index in [1.54, 1.807) is 13.0 Å². The molecule has 0 aliphatic rings. The maximum atomic E-state index is 11.3. The highest BCUT2D eigenvalue weighted by atomic mass is 16.1. The van der Waals surface area contributed by atoms with Gasteiger partial charge < -0.3 is 10.3 Å². The molecule has 1 aromatic heterocycles. The van der Waals surface area contributed by atoms with Gasteiger partial charge in [-0.1, -0.05) is 0 Å². The molecule has 1 rings (SSSR count). The first kappa shape index (κ1) is 11.5. The summed E-state index contributed by atoms with van der Waals surface area (Å²) >= 11 is 0. The van der Waals surface area contributed by atoms with Crippen LogP contribution in [0.5, 0.6) is 0 Å². The van der Waals surface area contributed by atoms with Crippen LogP contribution < -0.4 is 10.9 Å². The molecule has 0 spiro atoms. The molecule has 0 aromatic carbocycles. The van der Waals surface area contributed by atoms with E-state index in [0.717, 1.165) is 12.2 Å². The van der Waals surface area contributed by atoms with Gasteiger partial charge in [-0.2, -0.15) is 0 Å². The zero-order valence-corrected chi connectivity index (χ0v) is 9.26. The van der Waals surface area contributed by atoms with Gasteiger partial charge in [-0.05, 0) is 26.8 Å². The molecule has 0 saturated carbocycles. The number of nitrogens with one attached hydrogen (secondary N) is 2. The number of carbonyl (C=O) groups is 1. The molecule has 2 N–H and O–H groups in total. The Morgan fingerprint density at radius 1 is 1.53 bits per heavy atom. The Morgan fingerprint density at radius 2 is 2.20 bits per heavy atom. The Hall–Kier alpha value is -1.58. The van der Waals surface area contributed by atoms with Gasteiger partial charge >= 0.3 is 0 Å². The SMILES string of the molecule is CCNc1ccc(=O)[nH]c1C(C)C(C)=O. The van der Waals surface area contributed by atoms with Crippen molar-refractivity contribution in [3.05, 3.63) is 28.2 Å². The van der Waals surface area contributed by atoms with Crippen LogP contribution in [-0.2, 0) is 4.79 Å². The van der Waals surface area contributed by atoms with Gasteiger partial charge in [0.25, 0.3) is 0 Å². The molecule has 0 amide bonds. The molecule has 0 aliphatic carbocycles. The third kappa shape index (κ3) is 2.68. The van der Waals surface area contributed by atoms with E-state index < -0.39 is 0 Å². The maximum absolute atomic E-state index is 11.3. The molecule has 1 aromatic rings. The number of pyridine rings is 1. The molecule has 0 fully saturated rings. The van der Waals surface area contributed by atoms with E-state index in [1.807, 2.05) is 6.92 Å². The minimum absolute atomic E-state index is 0.0380. The van der Waals surface area contributed by atoms with Gasteiger partial charge in [0.15, 0.2) is 0 Å². The molecular weight excluding hydrogens is 192 g/mol. The van der Waals surface area contributed by atoms with Crippen LogP contribution in [0.3, 0.4) is 0 Å². The van der Waals surface area contributed by atoms with Crippen molar-refractivity contribution < 1.29 is 4.79 Å². The monoisotopic (exact) mass is 208 g/mol. The number of carbonyl (C=O) groups excluding carboxylic acids is 1. The molecule has 82 valence electrons. The van der Waals surface area contributed by atoms with Gasteiger partial charge in [0.2, 0.25) is 5.56 Å². The summed E-state index contributed by atoms with van der Waals surface area (Å²) in [5.74, 6) is -0.246. The number of aromatic nitrogens is 1. The first-order valence-electron chi connectivity index (χ1n) is 5.03. The Kier molecular flexibility index (Phi) is 3.66. The number of Topliss-reactive ketones (excluding diaryl/α,β-unsaturated/α-hetero) is 1. The summed E-state index contributed by atoms with van der Waals surface area (Å²) in [4.78, 5) is 25.1. The van der Waals surface area contributed by atoms with Crippen molar-refractivity contribution in [3.63, 3.8) is 0 Å². The number of rotatable bonds is 4. The molecule has 1 atom stereocenters. The topological polar surface area (TPSA) is 62.0 Å². The number of hydrogen-bond donors (Lipinski definition) is 2. The van der Waals surface area contributed by atoms with Crippen molar-refractivity contribution in [2.24, 2.45) is 0 Å². The van der Waals surface area contributed by atoms with E-state index in [2.05, 4.69) is 10.3 Å². The van der Waals surface area contributed by atoms with Gasteiger partial charge in [-0.3, -0.25) is 9.59 Å². The van der Waals surface area contributed by atoms with Crippen LogP contribution >= 0.6 is 0 Å². The molecule has 4 nitrogen and oxygen atoms in total. The lowest BCUT2D eigenvalue weighted by molar-refractivity contribution is -0.118. The zero-order valence-electron chi connectivity index (χ0n) is 9.26. The van der Waals surface area contributed by atoms with Crippen molar-refractivity contribution in [2.45, 2.75) is 26.7 Å². The highest BCUT2D eigenvalue weighted by Gasteiger charge is 2.15. The lowest BCUT2D eigenvalue weighted by Crippen LogP contribution is -2.16. The lowest BCUT2D eigenvalue weighted by atomic mass is 10.0. The summed E-state index contributed by atoms with van der Waals surface area (Å²) in [5, 5.41) is 3.12. The Morgan fingerprint density at radius 3 is 2.73 bits per heavy atom. The zero-order chi connectivity index (χ0) is 11.4. The number of aromatic amines is 1. The second-order valence-corrected chi connectivity index (χ2v) is 3.51. The highest BCUT2D eigenvalue weighted by molar-refractivity contribution is 5.84. The number of anilines is 1. The first-order valence-corrected chi connectivity index (χ1v) is 5.03. The Balaban J connectivity index is 3.17. The van der Waals surface area contributed by atoms with Gasteiger partial charge in [0.1, 0.15) is 5.78 Å². The summed E-state index contributed by atoms with van der Waals surface area (Å²) in [7, 11) is 0. The van der Waals surface area contributed by atoms with E-state index in [-0.39, 0.29) is 17.3 Å². The van der Waals surface area contributed by atoms with Crippen LogP contribution in [0.15, 0.2) is 16.9 Å². The molecule has 0 bridgehead atoms. The molecule has 1 unspecified atom stereocenters. The van der Waals surface area contributed by atoms with E-state index >= 15 is 0 Å². The number of H-pyrrole nitrogens is 1. The van der Waals surface area contributed by atoms with Crippen molar-refractivity contribution in [1.29, 1.82) is 0 Å². The Bertz CT molecular complexity index is 409. The van der Waals surface area contributed by atoms with Crippen LogP contribution in [0.25, 0.3) is 0 Å². The summed E-state index contributed by atoms with van der Waals surface area (Å²) in [6.45, 7) is 6.02. The predicted octanol–water partition coefficient (Wildman–Crippen LogP) is 1.50. The third-order valence-corrected chi connectivity index (χ3v) is 2.36. The molecule has 15 heavy (non-hydrogen) atoms. The molecule has 4 heteroatoms. The van der Waals surface area contributed by atoms with Gasteiger partial charge in [0, 0.05) is 12.6 Å². The largest absolute Gasteiger partial charge is 0.384 e. The third-order valence-electron chi connectivity index (χ3n) is 2.36. The van der Waals surface area contributed by atoms with Crippen molar-refractivity contribution >= 4 is 11.5 Å². The van der Waals surface area contributed by atoms with Crippen LogP contribution in [0.1, 0.15) is 32.4 Å².